The number of hydrogen-bond acceptors (Lipinski definition) is 0. The van der Waals surface area contributed by atoms with Crippen LogP contribution in [-0.2, 0) is 5.88 Å². The number of halogens is 1. The van der Waals surface area contributed by atoms with E-state index in [0.717, 1.165) is 5.69 Å². The lowest BCUT2D eigenvalue weighted by Gasteiger charge is -1.73. The maximum atomic E-state index is 5.42. The first-order valence-electron chi connectivity index (χ1n) is 2.03. The highest BCUT2D eigenvalue weighted by Crippen LogP contribution is 1.92. The van der Waals surface area contributed by atoms with E-state index in [4.69, 9.17) is 11.6 Å². The molecule has 2 N–H and O–H groups in total. The Kier molecular flexibility index (Phi) is 1.32. The SMILES string of the molecule is ClCc1cc[nH+][nH]1. The molecule has 1 rings (SSSR count). The number of nitrogens with one attached hydrogen (secondary N) is 2. The lowest BCUT2D eigenvalue weighted by Crippen LogP contribution is -1.98. The van der Waals surface area contributed by atoms with Crippen molar-refractivity contribution < 1.29 is 5.10 Å². The molecule has 0 aromatic carbocycles. The Morgan fingerprint density at radius 1 is 1.86 bits per heavy atom. The second kappa shape index (κ2) is 1.98. The summed E-state index contributed by atoms with van der Waals surface area (Å²) in [4.78, 5) is 0. The van der Waals surface area contributed by atoms with Crippen molar-refractivity contribution in [3.05, 3.63) is 18.0 Å². The van der Waals surface area contributed by atoms with Crippen LogP contribution in [0, 0.1) is 0 Å². The van der Waals surface area contributed by atoms with Gasteiger partial charge in [-0.05, 0) is 0 Å². The summed E-state index contributed by atoms with van der Waals surface area (Å²) in [6, 6.07) is 1.90. The van der Waals surface area contributed by atoms with Gasteiger partial charge in [0.05, 0.1) is 11.6 Å². The average molecular weight is 118 g/mol. The molecule has 0 aliphatic rings. The molecule has 0 aliphatic carbocycles. The Labute approximate surface area is 46.5 Å². The van der Waals surface area contributed by atoms with Crippen molar-refractivity contribution in [3.63, 3.8) is 0 Å². The first-order valence-corrected chi connectivity index (χ1v) is 2.57. The van der Waals surface area contributed by atoms with Crippen molar-refractivity contribution >= 4 is 11.6 Å². The summed E-state index contributed by atoms with van der Waals surface area (Å²) in [5, 5.41) is 5.60. The van der Waals surface area contributed by atoms with Crippen molar-refractivity contribution in [2.45, 2.75) is 5.88 Å². The van der Waals surface area contributed by atoms with Gasteiger partial charge in [0.25, 0.3) is 0 Å². The molecule has 7 heavy (non-hydrogen) atoms. The fraction of sp³-hybridized carbons (Fsp3) is 0.250. The lowest BCUT2D eigenvalue weighted by atomic mass is 10.5. The smallest absolute Gasteiger partial charge is 0.171 e. The minimum Gasteiger partial charge on any atom is -0.171 e. The molecule has 1 aromatic heterocycles. The highest BCUT2D eigenvalue weighted by molar-refractivity contribution is 6.16. The number of aromatic nitrogens is 2. The maximum Gasteiger partial charge on any atom is 0.193 e. The van der Waals surface area contributed by atoms with Gasteiger partial charge in [0, 0.05) is 6.07 Å². The first kappa shape index (κ1) is 4.65. The normalized spacial score (nSPS) is 9.29. The minimum absolute atomic E-state index is 0.545. The second-order valence-corrected chi connectivity index (χ2v) is 1.53. The van der Waals surface area contributed by atoms with Gasteiger partial charge in [-0.15, -0.1) is 16.7 Å². The number of hydrogen-bond donors (Lipinski definition) is 1. The molecule has 2 nitrogen and oxygen atoms in total. The van der Waals surface area contributed by atoms with Gasteiger partial charge < -0.3 is 0 Å². The topological polar surface area (TPSA) is 29.9 Å². The van der Waals surface area contributed by atoms with E-state index in [1.54, 1.807) is 6.20 Å². The summed E-state index contributed by atoms with van der Waals surface area (Å²) in [5.74, 6) is 0.545. The standard InChI is InChI=1S/C4H5ClN2/c5-3-4-1-2-6-7-4/h1-2H,3H2,(H,6,7)/p+1. The maximum absolute atomic E-state index is 5.42. The van der Waals surface area contributed by atoms with Crippen LogP contribution in [0.4, 0.5) is 0 Å². The molecule has 0 bridgehead atoms. The second-order valence-electron chi connectivity index (χ2n) is 1.26. The molecule has 1 aromatic rings. The van der Waals surface area contributed by atoms with Gasteiger partial charge in [-0.25, -0.2) is 0 Å². The van der Waals surface area contributed by atoms with Crippen molar-refractivity contribution in [3.8, 4) is 0 Å². The van der Waals surface area contributed by atoms with Crippen molar-refractivity contribution in [1.82, 2.24) is 5.10 Å². The van der Waals surface area contributed by atoms with Crippen LogP contribution in [0.25, 0.3) is 0 Å². The average Bonchev–Trinajstić information content (AvgIpc) is 2.14. The van der Waals surface area contributed by atoms with Crippen molar-refractivity contribution in [2.24, 2.45) is 0 Å². The molecule has 0 spiro atoms. The van der Waals surface area contributed by atoms with Crippen molar-refractivity contribution in [2.75, 3.05) is 0 Å². The van der Waals surface area contributed by atoms with E-state index in [0.29, 0.717) is 5.88 Å². The zero-order valence-corrected chi connectivity index (χ0v) is 4.50. The predicted octanol–water partition coefficient (Wildman–Crippen LogP) is 0.568. The molecule has 1 heterocycles. The Morgan fingerprint density at radius 3 is 3.00 bits per heavy atom. The van der Waals surface area contributed by atoms with Crippen molar-refractivity contribution in [1.29, 1.82) is 0 Å². The van der Waals surface area contributed by atoms with E-state index in [-0.39, 0.29) is 0 Å². The van der Waals surface area contributed by atoms with Gasteiger partial charge >= 0.3 is 0 Å². The Bertz CT molecular complexity index is 124. The first-order chi connectivity index (χ1) is 3.43. The van der Waals surface area contributed by atoms with Crippen LogP contribution in [0.3, 0.4) is 0 Å². The van der Waals surface area contributed by atoms with Gasteiger partial charge in [-0.1, -0.05) is 0 Å². The van der Waals surface area contributed by atoms with Gasteiger partial charge in [-0.2, -0.15) is 5.10 Å². The molecular formula is C4H6ClN2+. The number of aromatic amines is 2. The largest absolute Gasteiger partial charge is 0.193 e. The molecular weight excluding hydrogens is 112 g/mol. The van der Waals surface area contributed by atoms with Gasteiger partial charge in [-0.3, -0.25) is 0 Å². The zero-order valence-electron chi connectivity index (χ0n) is 3.74. The van der Waals surface area contributed by atoms with E-state index >= 15 is 0 Å². The van der Waals surface area contributed by atoms with E-state index in [9.17, 15) is 0 Å². The summed E-state index contributed by atoms with van der Waals surface area (Å²) >= 11 is 5.42. The van der Waals surface area contributed by atoms with Crippen LogP contribution in [0.1, 0.15) is 5.69 Å². The highest BCUT2D eigenvalue weighted by Gasteiger charge is 1.89. The van der Waals surface area contributed by atoms with Crippen LogP contribution < -0.4 is 5.10 Å². The molecule has 0 saturated heterocycles. The van der Waals surface area contributed by atoms with Crippen LogP contribution in [0.15, 0.2) is 12.3 Å². The van der Waals surface area contributed by atoms with Crippen LogP contribution in [0.2, 0.25) is 0 Å². The zero-order chi connectivity index (χ0) is 5.11. The number of alkyl halides is 1. The molecule has 0 amide bonds. The number of rotatable bonds is 1. The molecule has 0 aliphatic heterocycles. The van der Waals surface area contributed by atoms with Gasteiger partial charge in [0.2, 0.25) is 0 Å². The van der Waals surface area contributed by atoms with Gasteiger partial charge in [0.15, 0.2) is 6.20 Å². The molecule has 0 atom stereocenters. The van der Waals surface area contributed by atoms with Crippen LogP contribution >= 0.6 is 11.6 Å². The molecule has 3 heteroatoms. The Balaban J connectivity index is 2.76. The third-order valence-corrected chi connectivity index (χ3v) is 1.03. The van der Waals surface area contributed by atoms with E-state index in [1.165, 1.54) is 0 Å². The van der Waals surface area contributed by atoms with E-state index in [2.05, 4.69) is 10.2 Å². The predicted molar refractivity (Wildman–Crippen MR) is 26.9 cm³/mol. The van der Waals surface area contributed by atoms with Gasteiger partial charge in [0.1, 0.15) is 0 Å². The van der Waals surface area contributed by atoms with E-state index in [1.807, 2.05) is 6.07 Å². The summed E-state index contributed by atoms with van der Waals surface area (Å²) in [6.07, 6.45) is 1.80. The molecule has 0 saturated carbocycles. The molecule has 38 valence electrons. The quantitative estimate of drug-likeness (QED) is 0.522. The fourth-order valence-corrected chi connectivity index (χ4v) is 0.552. The third kappa shape index (κ3) is 0.933. The Morgan fingerprint density at radius 2 is 2.71 bits per heavy atom. The fourth-order valence-electron chi connectivity index (χ4n) is 0.396. The molecule has 0 radical (unpaired) electrons. The highest BCUT2D eigenvalue weighted by atomic mass is 35.5. The summed E-state index contributed by atoms with van der Waals surface area (Å²) in [5.41, 5.74) is 1.02. The summed E-state index contributed by atoms with van der Waals surface area (Å²) in [6.45, 7) is 0. The monoisotopic (exact) mass is 117 g/mol. The van der Waals surface area contributed by atoms with Crippen LogP contribution in [0.5, 0.6) is 0 Å². The van der Waals surface area contributed by atoms with E-state index < -0.39 is 0 Å². The molecule has 0 fully saturated rings. The third-order valence-electron chi connectivity index (χ3n) is 0.745. The summed E-state index contributed by atoms with van der Waals surface area (Å²) < 4.78 is 0. The summed E-state index contributed by atoms with van der Waals surface area (Å²) in [7, 11) is 0. The molecule has 0 unspecified atom stereocenters. The Hall–Kier alpha value is -0.500. The number of H-pyrrole nitrogens is 2. The lowest BCUT2D eigenvalue weighted by molar-refractivity contribution is -0.449. The minimum atomic E-state index is 0.545. The van der Waals surface area contributed by atoms with Crippen LogP contribution in [-0.4, -0.2) is 5.10 Å².